The first kappa shape index (κ1) is 18.9. The lowest BCUT2D eigenvalue weighted by atomic mass is 10.1. The first-order chi connectivity index (χ1) is 13.0. The van der Waals surface area contributed by atoms with Crippen molar-refractivity contribution in [2.24, 2.45) is 5.10 Å². The van der Waals surface area contributed by atoms with Crippen molar-refractivity contribution in [1.82, 2.24) is 15.6 Å². The van der Waals surface area contributed by atoms with E-state index in [1.54, 1.807) is 30.5 Å². The van der Waals surface area contributed by atoms with Crippen molar-refractivity contribution < 1.29 is 4.79 Å². The molecule has 5 nitrogen and oxygen atoms in total. The largest absolute Gasteiger partial charge is 0.289 e. The Hall–Kier alpha value is -2.89. The molecular formula is C20H16Cl2N4O. The highest BCUT2D eigenvalue weighted by Gasteiger charge is 2.12. The topological polar surface area (TPSA) is 70.1 Å². The Bertz CT molecular complexity index is 1010. The average Bonchev–Trinajstić information content (AvgIpc) is 3.12. The number of carbonyl (C=O) groups excluding carboxylic acids is 1. The third-order valence-electron chi connectivity index (χ3n) is 3.66. The summed E-state index contributed by atoms with van der Waals surface area (Å²) < 4.78 is 0. The Balaban J connectivity index is 1.65. The minimum atomic E-state index is -0.400. The van der Waals surface area contributed by atoms with Gasteiger partial charge in [0.2, 0.25) is 0 Å². The number of halogens is 2. The first-order valence-electron chi connectivity index (χ1n) is 8.10. The lowest BCUT2D eigenvalue weighted by Crippen LogP contribution is -2.17. The van der Waals surface area contributed by atoms with Crippen LogP contribution in [-0.2, 0) is 0 Å². The molecule has 1 heterocycles. The number of nitrogens with zero attached hydrogens (tertiary/aromatic N) is 2. The summed E-state index contributed by atoms with van der Waals surface area (Å²) in [6, 6.07) is 16.5. The van der Waals surface area contributed by atoms with E-state index in [1.807, 2.05) is 43.3 Å². The van der Waals surface area contributed by atoms with Gasteiger partial charge in [-0.1, -0.05) is 59.6 Å². The number of hydrogen-bond acceptors (Lipinski definition) is 3. The number of nitrogens with one attached hydrogen (secondary N) is 2. The van der Waals surface area contributed by atoms with E-state index < -0.39 is 5.91 Å². The van der Waals surface area contributed by atoms with Gasteiger partial charge in [0.15, 0.2) is 0 Å². The smallest absolute Gasteiger partial charge is 0.272 e. The van der Waals surface area contributed by atoms with Crippen LogP contribution < -0.4 is 5.43 Å². The van der Waals surface area contributed by atoms with Crippen molar-refractivity contribution in [2.45, 2.75) is 6.92 Å². The monoisotopic (exact) mass is 398 g/mol. The number of allylic oxidation sites excluding steroid dienone is 1. The maximum Gasteiger partial charge on any atom is 0.289 e. The number of aromatic amines is 1. The van der Waals surface area contributed by atoms with Crippen molar-refractivity contribution in [3.05, 3.63) is 81.5 Å². The van der Waals surface area contributed by atoms with E-state index in [0.29, 0.717) is 21.3 Å². The Morgan fingerprint density at radius 3 is 2.67 bits per heavy atom. The Morgan fingerprint density at radius 1 is 1.15 bits per heavy atom. The van der Waals surface area contributed by atoms with Crippen LogP contribution in [0.15, 0.2) is 65.3 Å². The number of amides is 1. The SMILES string of the molecule is CC(C=NNC(=O)c1cc(-c2ccc(Cl)cc2Cl)n[nH]1)=Cc1ccccc1. The average molecular weight is 399 g/mol. The third-order valence-corrected chi connectivity index (χ3v) is 4.21. The van der Waals surface area contributed by atoms with Crippen LogP contribution in [0, 0.1) is 0 Å². The van der Waals surface area contributed by atoms with E-state index in [9.17, 15) is 4.79 Å². The maximum absolute atomic E-state index is 12.2. The minimum absolute atomic E-state index is 0.276. The molecule has 0 aliphatic heterocycles. The number of hydrazone groups is 1. The fourth-order valence-corrected chi connectivity index (χ4v) is 2.88. The molecule has 0 saturated carbocycles. The van der Waals surface area contributed by atoms with Crippen LogP contribution in [0.4, 0.5) is 0 Å². The summed E-state index contributed by atoms with van der Waals surface area (Å²) in [5, 5.41) is 11.8. The van der Waals surface area contributed by atoms with Crippen LogP contribution in [-0.4, -0.2) is 22.3 Å². The second kappa shape index (κ2) is 8.66. The minimum Gasteiger partial charge on any atom is -0.272 e. The number of hydrogen-bond donors (Lipinski definition) is 2. The van der Waals surface area contributed by atoms with Crippen molar-refractivity contribution in [3.63, 3.8) is 0 Å². The zero-order valence-electron chi connectivity index (χ0n) is 14.4. The predicted molar refractivity (Wildman–Crippen MR) is 110 cm³/mol. The Kier molecular flexibility index (Phi) is 6.06. The number of H-pyrrole nitrogens is 1. The van der Waals surface area contributed by atoms with E-state index in [-0.39, 0.29) is 5.69 Å². The molecule has 27 heavy (non-hydrogen) atoms. The zero-order valence-corrected chi connectivity index (χ0v) is 15.9. The van der Waals surface area contributed by atoms with Crippen LogP contribution in [0.1, 0.15) is 23.0 Å². The van der Waals surface area contributed by atoms with Crippen LogP contribution in [0.25, 0.3) is 17.3 Å². The molecule has 136 valence electrons. The molecule has 0 radical (unpaired) electrons. The molecule has 3 aromatic rings. The summed E-state index contributed by atoms with van der Waals surface area (Å²) in [7, 11) is 0. The summed E-state index contributed by atoms with van der Waals surface area (Å²) in [6.45, 7) is 1.90. The summed E-state index contributed by atoms with van der Waals surface area (Å²) in [5.41, 5.74) is 5.94. The van der Waals surface area contributed by atoms with E-state index in [2.05, 4.69) is 20.7 Å². The van der Waals surface area contributed by atoms with Gasteiger partial charge in [-0.15, -0.1) is 0 Å². The molecule has 0 spiro atoms. The standard InChI is InChI=1S/C20H16Cl2N4O/c1-13(9-14-5-3-2-4-6-14)12-23-26-20(27)19-11-18(24-25-19)16-8-7-15(21)10-17(16)22/h2-12H,1H3,(H,24,25)(H,26,27). The van der Waals surface area contributed by atoms with Gasteiger partial charge in [0.1, 0.15) is 5.69 Å². The number of carbonyl (C=O) groups is 1. The molecule has 0 aliphatic rings. The number of benzene rings is 2. The molecule has 0 unspecified atom stereocenters. The van der Waals surface area contributed by atoms with Crippen LogP contribution in [0.5, 0.6) is 0 Å². The summed E-state index contributed by atoms with van der Waals surface area (Å²) in [4.78, 5) is 12.2. The second-order valence-electron chi connectivity index (χ2n) is 5.79. The molecule has 3 rings (SSSR count). The Morgan fingerprint density at radius 2 is 1.93 bits per heavy atom. The first-order valence-corrected chi connectivity index (χ1v) is 8.86. The molecule has 0 fully saturated rings. The highest BCUT2D eigenvalue weighted by molar-refractivity contribution is 6.36. The van der Waals surface area contributed by atoms with Gasteiger partial charge in [-0.05, 0) is 42.3 Å². The van der Waals surface area contributed by atoms with E-state index in [4.69, 9.17) is 23.2 Å². The Labute approximate surface area is 166 Å². The van der Waals surface area contributed by atoms with Crippen molar-refractivity contribution >= 4 is 41.4 Å². The zero-order chi connectivity index (χ0) is 19.2. The van der Waals surface area contributed by atoms with Gasteiger partial charge in [0.05, 0.1) is 16.9 Å². The van der Waals surface area contributed by atoms with Gasteiger partial charge in [-0.25, -0.2) is 5.43 Å². The summed E-state index contributed by atoms with van der Waals surface area (Å²) in [6.07, 6.45) is 3.55. The molecule has 2 N–H and O–H groups in total. The van der Waals surface area contributed by atoms with Crippen LogP contribution in [0.2, 0.25) is 10.0 Å². The van der Waals surface area contributed by atoms with Gasteiger partial charge in [0.25, 0.3) is 5.91 Å². The van der Waals surface area contributed by atoms with Crippen molar-refractivity contribution in [1.29, 1.82) is 0 Å². The van der Waals surface area contributed by atoms with Gasteiger partial charge in [0, 0.05) is 10.6 Å². The third kappa shape index (κ3) is 5.06. The lowest BCUT2D eigenvalue weighted by molar-refractivity contribution is 0.0950. The van der Waals surface area contributed by atoms with Crippen LogP contribution in [0.3, 0.4) is 0 Å². The summed E-state index contributed by atoms with van der Waals surface area (Å²) in [5.74, 6) is -0.400. The van der Waals surface area contributed by atoms with Gasteiger partial charge in [-0.3, -0.25) is 9.89 Å². The molecule has 0 aliphatic carbocycles. The highest BCUT2D eigenvalue weighted by Crippen LogP contribution is 2.29. The maximum atomic E-state index is 12.2. The lowest BCUT2D eigenvalue weighted by Gasteiger charge is -2.00. The molecule has 0 bridgehead atoms. The molecule has 1 amide bonds. The molecule has 0 saturated heterocycles. The molecule has 2 aromatic carbocycles. The van der Waals surface area contributed by atoms with E-state index in [0.717, 1.165) is 11.1 Å². The molecule has 7 heteroatoms. The highest BCUT2D eigenvalue weighted by atomic mass is 35.5. The predicted octanol–water partition coefficient (Wildman–Crippen LogP) is 5.20. The normalized spacial score (nSPS) is 11.7. The van der Waals surface area contributed by atoms with E-state index >= 15 is 0 Å². The van der Waals surface area contributed by atoms with Crippen molar-refractivity contribution in [3.8, 4) is 11.3 Å². The quantitative estimate of drug-likeness (QED) is 0.457. The van der Waals surface area contributed by atoms with Gasteiger partial charge < -0.3 is 0 Å². The number of rotatable bonds is 5. The van der Waals surface area contributed by atoms with Crippen molar-refractivity contribution in [2.75, 3.05) is 0 Å². The second-order valence-corrected chi connectivity index (χ2v) is 6.63. The number of aromatic nitrogens is 2. The van der Waals surface area contributed by atoms with Gasteiger partial charge in [-0.2, -0.15) is 10.2 Å². The molecular weight excluding hydrogens is 383 g/mol. The van der Waals surface area contributed by atoms with Gasteiger partial charge >= 0.3 is 0 Å². The van der Waals surface area contributed by atoms with E-state index in [1.165, 1.54) is 0 Å². The fraction of sp³-hybridized carbons (Fsp3) is 0.0500. The molecule has 0 atom stereocenters. The summed E-state index contributed by atoms with van der Waals surface area (Å²) >= 11 is 12.1. The molecule has 1 aromatic heterocycles. The fourth-order valence-electron chi connectivity index (χ4n) is 2.38. The van der Waals surface area contributed by atoms with Crippen LogP contribution >= 0.6 is 23.2 Å².